The van der Waals surface area contributed by atoms with Gasteiger partial charge in [-0.25, -0.2) is 0 Å². The first-order valence-electron chi connectivity index (χ1n) is 6.92. The fourth-order valence-corrected chi connectivity index (χ4v) is 13.5. The Morgan fingerprint density at radius 3 is 1.61 bits per heavy atom. The Hall–Kier alpha value is 1.08. The lowest BCUT2D eigenvalue weighted by Gasteiger charge is -2.38. The van der Waals surface area contributed by atoms with E-state index in [-0.39, 0.29) is 15.4 Å². The van der Waals surface area contributed by atoms with Gasteiger partial charge in [0.1, 0.15) is 5.91 Å². The summed E-state index contributed by atoms with van der Waals surface area (Å²) in [6.07, 6.45) is 0. The highest BCUT2D eigenvalue weighted by Gasteiger charge is 2.41. The van der Waals surface area contributed by atoms with Crippen molar-refractivity contribution in [2.24, 2.45) is 0 Å². The first kappa shape index (κ1) is 19.1. The molecule has 0 aliphatic heterocycles. The van der Waals surface area contributed by atoms with Crippen molar-refractivity contribution in [2.45, 2.75) is 70.4 Å². The van der Waals surface area contributed by atoms with Crippen molar-refractivity contribution in [3.05, 3.63) is 0 Å². The van der Waals surface area contributed by atoms with E-state index in [2.05, 4.69) is 52.4 Å². The molecule has 0 rings (SSSR count). The highest BCUT2D eigenvalue weighted by molar-refractivity contribution is 7.20. The standard InChI is InChI=1S/C11H31ClO2Si4/c1-15-9-10-18(8,12)11(13-16(2,3)4)14-17(5,6)7/h11H,9-10,15H2,1-8H3. The minimum atomic E-state index is -1.94. The molecule has 0 amide bonds. The smallest absolute Gasteiger partial charge is 0.213 e. The molecule has 0 heterocycles. The van der Waals surface area contributed by atoms with Crippen molar-refractivity contribution in [3.8, 4) is 0 Å². The fourth-order valence-electron chi connectivity index (χ4n) is 1.55. The quantitative estimate of drug-likeness (QED) is 0.377. The van der Waals surface area contributed by atoms with Crippen LogP contribution in [0.4, 0.5) is 0 Å². The second-order valence-corrected chi connectivity index (χ2v) is 23.9. The molecular formula is C11H31ClO2Si4. The molecule has 7 heteroatoms. The predicted molar refractivity (Wildman–Crippen MR) is 94.1 cm³/mol. The molecule has 0 aliphatic rings. The molecule has 0 aromatic heterocycles. The summed E-state index contributed by atoms with van der Waals surface area (Å²) in [4.78, 5) is 0. The van der Waals surface area contributed by atoms with E-state index in [9.17, 15) is 0 Å². The molecule has 2 nitrogen and oxygen atoms in total. The van der Waals surface area contributed by atoms with Crippen LogP contribution in [0.15, 0.2) is 0 Å². The van der Waals surface area contributed by atoms with Crippen molar-refractivity contribution in [3.63, 3.8) is 0 Å². The largest absolute Gasteiger partial charge is 0.396 e. The normalized spacial score (nSPS) is 17.7. The van der Waals surface area contributed by atoms with Gasteiger partial charge in [0.2, 0.25) is 7.38 Å². The molecule has 0 saturated carbocycles. The van der Waals surface area contributed by atoms with E-state index in [4.69, 9.17) is 19.9 Å². The maximum atomic E-state index is 6.85. The van der Waals surface area contributed by atoms with E-state index >= 15 is 0 Å². The maximum Gasteiger partial charge on any atom is 0.213 e. The SMILES string of the molecule is C[SiH2]CC[Si](C)(Cl)C(O[Si](C)(C)C)O[Si](C)(C)C. The van der Waals surface area contributed by atoms with Crippen molar-refractivity contribution in [1.82, 2.24) is 0 Å². The Labute approximate surface area is 124 Å². The Morgan fingerprint density at radius 1 is 0.944 bits per heavy atom. The summed E-state index contributed by atoms with van der Waals surface area (Å²) in [5.41, 5.74) is 0. The van der Waals surface area contributed by atoms with E-state index in [1.165, 1.54) is 6.04 Å². The molecule has 110 valence electrons. The van der Waals surface area contributed by atoms with Gasteiger partial charge in [-0.15, -0.1) is 0 Å². The van der Waals surface area contributed by atoms with Gasteiger partial charge >= 0.3 is 0 Å². The van der Waals surface area contributed by atoms with E-state index in [0.717, 1.165) is 6.04 Å². The Kier molecular flexibility index (Phi) is 7.62. The predicted octanol–water partition coefficient (Wildman–Crippen LogP) is 4.00. The lowest BCUT2D eigenvalue weighted by atomic mass is 10.9. The third-order valence-electron chi connectivity index (χ3n) is 2.43. The zero-order valence-electron chi connectivity index (χ0n) is 13.4. The van der Waals surface area contributed by atoms with Gasteiger partial charge < -0.3 is 8.85 Å². The molecule has 0 fully saturated rings. The van der Waals surface area contributed by atoms with Gasteiger partial charge in [0.05, 0.1) is 0 Å². The monoisotopic (exact) mass is 342 g/mol. The van der Waals surface area contributed by atoms with Gasteiger partial charge in [-0.3, -0.25) is 0 Å². The average Bonchev–Trinajstić information content (AvgIpc) is 2.09. The second kappa shape index (κ2) is 7.19. The Morgan fingerprint density at radius 2 is 1.33 bits per heavy atom. The summed E-state index contributed by atoms with van der Waals surface area (Å²) in [5, 5.41) is 0. The molecule has 0 spiro atoms. The third-order valence-corrected chi connectivity index (χ3v) is 10.2. The number of hydrogen-bond donors (Lipinski definition) is 0. The van der Waals surface area contributed by atoms with E-state index in [1.807, 2.05) is 0 Å². The van der Waals surface area contributed by atoms with Gasteiger partial charge in [0, 0.05) is 9.52 Å². The lowest BCUT2D eigenvalue weighted by molar-refractivity contribution is 0.0554. The average molecular weight is 343 g/mol. The minimum absolute atomic E-state index is 0.0804. The van der Waals surface area contributed by atoms with Crippen LogP contribution in [-0.4, -0.2) is 39.5 Å². The summed E-state index contributed by atoms with van der Waals surface area (Å²) in [5.74, 6) is -0.113. The summed E-state index contributed by atoms with van der Waals surface area (Å²) in [6, 6.07) is 2.45. The van der Waals surface area contributed by atoms with Crippen LogP contribution in [0.2, 0.25) is 64.5 Å². The lowest BCUT2D eigenvalue weighted by Crippen LogP contribution is -2.52. The molecule has 0 radical (unpaired) electrons. The Balaban J connectivity index is 4.84. The van der Waals surface area contributed by atoms with Crippen LogP contribution in [0.3, 0.4) is 0 Å². The molecule has 0 N–H and O–H groups in total. The number of halogens is 1. The summed E-state index contributed by atoms with van der Waals surface area (Å²) in [6.45, 7) is 17.8. The van der Waals surface area contributed by atoms with Crippen LogP contribution >= 0.6 is 11.1 Å². The summed E-state index contributed by atoms with van der Waals surface area (Å²) < 4.78 is 12.5. The van der Waals surface area contributed by atoms with Crippen LogP contribution in [-0.2, 0) is 8.85 Å². The number of rotatable bonds is 8. The Bertz CT molecular complexity index is 232. The van der Waals surface area contributed by atoms with E-state index in [1.54, 1.807) is 0 Å². The van der Waals surface area contributed by atoms with Gasteiger partial charge in [-0.1, -0.05) is 19.1 Å². The van der Waals surface area contributed by atoms with Gasteiger partial charge in [-0.05, 0) is 45.3 Å². The van der Waals surface area contributed by atoms with Crippen molar-refractivity contribution < 1.29 is 8.85 Å². The fraction of sp³-hybridized carbons (Fsp3) is 1.00. The van der Waals surface area contributed by atoms with Crippen LogP contribution in [0.1, 0.15) is 0 Å². The first-order valence-corrected chi connectivity index (χ1v) is 19.9. The topological polar surface area (TPSA) is 18.5 Å². The molecule has 0 bridgehead atoms. The van der Waals surface area contributed by atoms with Gasteiger partial charge in [0.25, 0.3) is 0 Å². The molecular weight excluding hydrogens is 312 g/mol. The maximum absolute atomic E-state index is 6.85. The zero-order chi connectivity index (χ0) is 14.6. The van der Waals surface area contributed by atoms with Gasteiger partial charge in [0.15, 0.2) is 16.6 Å². The van der Waals surface area contributed by atoms with Crippen LogP contribution in [0.25, 0.3) is 0 Å². The minimum Gasteiger partial charge on any atom is -0.396 e. The first-order chi connectivity index (χ1) is 7.87. The third kappa shape index (κ3) is 9.06. The molecule has 0 saturated heterocycles. The molecule has 0 aliphatic carbocycles. The molecule has 0 aromatic rings. The van der Waals surface area contributed by atoms with Gasteiger partial charge in [-0.2, -0.15) is 11.1 Å². The highest BCUT2D eigenvalue weighted by Crippen LogP contribution is 2.29. The zero-order valence-corrected chi connectivity index (χ0v) is 18.6. The summed E-state index contributed by atoms with van der Waals surface area (Å²) >= 11 is 6.85. The second-order valence-electron chi connectivity index (χ2n) is 7.17. The molecule has 1 atom stereocenters. The van der Waals surface area contributed by atoms with E-state index in [0.29, 0.717) is 0 Å². The summed E-state index contributed by atoms with van der Waals surface area (Å²) in [7, 11) is -5.08. The van der Waals surface area contributed by atoms with Crippen molar-refractivity contribution >= 4 is 44.6 Å². The molecule has 1 unspecified atom stereocenters. The molecule has 18 heavy (non-hydrogen) atoms. The van der Waals surface area contributed by atoms with Crippen LogP contribution in [0.5, 0.6) is 0 Å². The number of hydrogen-bond acceptors (Lipinski definition) is 2. The van der Waals surface area contributed by atoms with Crippen molar-refractivity contribution in [2.75, 3.05) is 0 Å². The molecule has 0 aromatic carbocycles. The van der Waals surface area contributed by atoms with Crippen LogP contribution < -0.4 is 0 Å². The van der Waals surface area contributed by atoms with Crippen LogP contribution in [0, 0.1) is 0 Å². The van der Waals surface area contributed by atoms with E-state index < -0.39 is 24.0 Å². The van der Waals surface area contributed by atoms with Crippen molar-refractivity contribution in [1.29, 1.82) is 0 Å². The highest BCUT2D eigenvalue weighted by atomic mass is 35.6.